The molecule has 4 aromatic rings. The first-order chi connectivity index (χ1) is 15.6. The van der Waals surface area contributed by atoms with E-state index in [-0.39, 0.29) is 11.7 Å². The Morgan fingerprint density at radius 2 is 2.00 bits per heavy atom. The number of aromatic nitrogens is 6. The Morgan fingerprint density at radius 1 is 1.12 bits per heavy atom. The molecule has 162 valence electrons. The molecule has 0 aliphatic carbocycles. The molecular formula is C24H23FN6O. The van der Waals surface area contributed by atoms with Gasteiger partial charge in [0.05, 0.1) is 24.8 Å². The third kappa shape index (κ3) is 3.79. The number of rotatable bonds is 5. The third-order valence-electron chi connectivity index (χ3n) is 5.62. The second-order valence-corrected chi connectivity index (χ2v) is 7.79. The molecule has 0 N–H and O–H groups in total. The Hall–Kier alpha value is -3.81. The van der Waals surface area contributed by atoms with Gasteiger partial charge in [0.2, 0.25) is 5.88 Å². The monoisotopic (exact) mass is 430 g/mol. The quantitative estimate of drug-likeness (QED) is 0.469. The molecule has 4 heterocycles. The minimum Gasteiger partial charge on any atom is -0.479 e. The normalized spacial score (nSPS) is 15.8. The van der Waals surface area contributed by atoms with Gasteiger partial charge in [-0.1, -0.05) is 18.2 Å². The topological polar surface area (TPSA) is 70.7 Å². The van der Waals surface area contributed by atoms with E-state index in [2.05, 4.69) is 15.1 Å². The number of nitrogens with zero attached hydrogens (tertiary/aromatic N) is 6. The minimum absolute atomic E-state index is 0.0873. The van der Waals surface area contributed by atoms with Crippen molar-refractivity contribution in [2.75, 3.05) is 7.11 Å². The molecule has 1 aliphatic rings. The van der Waals surface area contributed by atoms with Crippen molar-refractivity contribution in [1.29, 1.82) is 0 Å². The summed E-state index contributed by atoms with van der Waals surface area (Å²) in [5.74, 6) is 1.60. The zero-order valence-corrected chi connectivity index (χ0v) is 17.9. The zero-order chi connectivity index (χ0) is 22.1. The van der Waals surface area contributed by atoms with Crippen LogP contribution in [0.25, 0.3) is 17.8 Å². The SMILES string of the molecule is COc1nc(C=Cc2nc3n(n2)CCC[C@H]3c2ccccc2F)ccc1-n1cnc(C)c1. The van der Waals surface area contributed by atoms with E-state index in [1.54, 1.807) is 19.5 Å². The van der Waals surface area contributed by atoms with Gasteiger partial charge in [-0.3, -0.25) is 0 Å². The highest BCUT2D eigenvalue weighted by Gasteiger charge is 2.27. The van der Waals surface area contributed by atoms with Crippen LogP contribution in [-0.2, 0) is 6.54 Å². The number of benzene rings is 1. The Morgan fingerprint density at radius 3 is 2.78 bits per heavy atom. The summed E-state index contributed by atoms with van der Waals surface area (Å²) in [6.07, 6.45) is 9.12. The number of imidazole rings is 1. The molecule has 0 spiro atoms. The summed E-state index contributed by atoms with van der Waals surface area (Å²) in [6, 6.07) is 10.7. The number of fused-ring (bicyclic) bond motifs is 1. The van der Waals surface area contributed by atoms with Crippen molar-refractivity contribution in [2.45, 2.75) is 32.2 Å². The number of halogens is 1. The van der Waals surface area contributed by atoms with Crippen LogP contribution in [0.3, 0.4) is 0 Å². The fraction of sp³-hybridized carbons (Fsp3) is 0.250. The maximum absolute atomic E-state index is 14.4. The number of pyridine rings is 1. The van der Waals surface area contributed by atoms with E-state index in [9.17, 15) is 4.39 Å². The van der Waals surface area contributed by atoms with Crippen molar-refractivity contribution in [3.8, 4) is 11.6 Å². The van der Waals surface area contributed by atoms with Crippen molar-refractivity contribution in [1.82, 2.24) is 29.3 Å². The van der Waals surface area contributed by atoms with Crippen molar-refractivity contribution >= 4 is 12.2 Å². The summed E-state index contributed by atoms with van der Waals surface area (Å²) in [6.45, 7) is 2.72. The summed E-state index contributed by atoms with van der Waals surface area (Å²) < 4.78 is 23.6. The molecule has 3 aromatic heterocycles. The largest absolute Gasteiger partial charge is 0.479 e. The lowest BCUT2D eigenvalue weighted by molar-refractivity contribution is 0.395. The molecule has 32 heavy (non-hydrogen) atoms. The summed E-state index contributed by atoms with van der Waals surface area (Å²) in [4.78, 5) is 13.5. The standard InChI is InChI=1S/C24H23FN6O/c1-16-14-30(15-26-16)21-11-9-17(27-24(21)32-2)10-12-22-28-23-19(7-5-13-31(23)29-22)18-6-3-4-8-20(18)25/h3-4,6,8-12,14-15,19H,5,7,13H2,1-2H3/t19-/m0/s1. The highest BCUT2D eigenvalue weighted by molar-refractivity contribution is 5.65. The minimum atomic E-state index is -0.199. The fourth-order valence-corrected chi connectivity index (χ4v) is 4.09. The lowest BCUT2D eigenvalue weighted by atomic mass is 9.91. The molecule has 0 radical (unpaired) electrons. The molecule has 0 fully saturated rings. The Kier molecular flexibility index (Phi) is 5.26. The van der Waals surface area contributed by atoms with E-state index < -0.39 is 0 Å². The third-order valence-corrected chi connectivity index (χ3v) is 5.62. The van der Waals surface area contributed by atoms with Gasteiger partial charge in [0.25, 0.3) is 0 Å². The van der Waals surface area contributed by atoms with Gasteiger partial charge in [0.15, 0.2) is 5.82 Å². The van der Waals surface area contributed by atoms with Crippen LogP contribution in [-0.4, -0.2) is 36.4 Å². The van der Waals surface area contributed by atoms with Crippen LogP contribution in [0.1, 0.15) is 47.4 Å². The Labute approximate surface area is 185 Å². The summed E-state index contributed by atoms with van der Waals surface area (Å²) in [7, 11) is 1.59. The molecule has 0 saturated heterocycles. The molecular weight excluding hydrogens is 407 g/mol. The van der Waals surface area contributed by atoms with E-state index in [0.29, 0.717) is 17.3 Å². The maximum atomic E-state index is 14.4. The van der Waals surface area contributed by atoms with E-state index in [1.807, 2.05) is 58.8 Å². The van der Waals surface area contributed by atoms with Crippen molar-refractivity contribution in [3.63, 3.8) is 0 Å². The molecule has 1 aromatic carbocycles. The lowest BCUT2D eigenvalue weighted by Crippen LogP contribution is -2.18. The molecule has 7 nitrogen and oxygen atoms in total. The first-order valence-electron chi connectivity index (χ1n) is 10.6. The van der Waals surface area contributed by atoms with Crippen LogP contribution >= 0.6 is 0 Å². The van der Waals surface area contributed by atoms with Gasteiger partial charge in [-0.15, -0.1) is 0 Å². The molecule has 5 rings (SSSR count). The second-order valence-electron chi connectivity index (χ2n) is 7.79. The van der Waals surface area contributed by atoms with Crippen LogP contribution < -0.4 is 4.74 Å². The zero-order valence-electron chi connectivity index (χ0n) is 17.9. The fourth-order valence-electron chi connectivity index (χ4n) is 4.09. The summed E-state index contributed by atoms with van der Waals surface area (Å²) in [5, 5.41) is 4.61. The number of hydrogen-bond acceptors (Lipinski definition) is 5. The molecule has 0 saturated carbocycles. The van der Waals surface area contributed by atoms with E-state index in [1.165, 1.54) is 6.07 Å². The average Bonchev–Trinajstić information content (AvgIpc) is 3.43. The predicted octanol–water partition coefficient (Wildman–Crippen LogP) is 4.41. The average molecular weight is 430 g/mol. The van der Waals surface area contributed by atoms with Gasteiger partial charge >= 0.3 is 0 Å². The van der Waals surface area contributed by atoms with Crippen LogP contribution in [0.5, 0.6) is 5.88 Å². The highest BCUT2D eigenvalue weighted by Crippen LogP contribution is 2.33. The van der Waals surface area contributed by atoms with E-state index in [0.717, 1.165) is 42.3 Å². The van der Waals surface area contributed by atoms with Gasteiger partial charge in [-0.2, -0.15) is 5.10 Å². The Bertz CT molecular complexity index is 1290. The van der Waals surface area contributed by atoms with Crippen molar-refractivity contribution in [2.24, 2.45) is 0 Å². The predicted molar refractivity (Wildman–Crippen MR) is 119 cm³/mol. The van der Waals surface area contributed by atoms with Gasteiger partial charge in [0, 0.05) is 18.7 Å². The highest BCUT2D eigenvalue weighted by atomic mass is 19.1. The molecule has 0 unspecified atom stereocenters. The lowest BCUT2D eigenvalue weighted by Gasteiger charge is -2.22. The van der Waals surface area contributed by atoms with Crippen molar-refractivity contribution < 1.29 is 9.13 Å². The van der Waals surface area contributed by atoms with Gasteiger partial charge in [-0.25, -0.2) is 24.0 Å². The first kappa shape index (κ1) is 20.1. The van der Waals surface area contributed by atoms with Crippen molar-refractivity contribution in [3.05, 3.63) is 83.3 Å². The van der Waals surface area contributed by atoms with Gasteiger partial charge in [0.1, 0.15) is 17.3 Å². The van der Waals surface area contributed by atoms with Gasteiger partial charge < -0.3 is 9.30 Å². The second kappa shape index (κ2) is 8.37. The van der Waals surface area contributed by atoms with Crippen LogP contribution in [0.2, 0.25) is 0 Å². The molecule has 8 heteroatoms. The van der Waals surface area contributed by atoms with E-state index >= 15 is 0 Å². The number of methoxy groups -OCH3 is 1. The first-order valence-corrected chi connectivity index (χ1v) is 10.6. The van der Waals surface area contributed by atoms with Crippen LogP contribution in [0.15, 0.2) is 48.9 Å². The van der Waals surface area contributed by atoms with Gasteiger partial charge in [-0.05, 0) is 55.7 Å². The maximum Gasteiger partial charge on any atom is 0.238 e. The summed E-state index contributed by atoms with van der Waals surface area (Å²) in [5.41, 5.74) is 3.13. The van der Waals surface area contributed by atoms with Crippen LogP contribution in [0, 0.1) is 12.7 Å². The molecule has 1 atom stereocenters. The molecule has 0 bridgehead atoms. The summed E-state index contributed by atoms with van der Waals surface area (Å²) >= 11 is 0. The number of hydrogen-bond donors (Lipinski definition) is 0. The number of ether oxygens (including phenoxy) is 1. The molecule has 1 aliphatic heterocycles. The molecule has 0 amide bonds. The Balaban J connectivity index is 1.42. The van der Waals surface area contributed by atoms with E-state index in [4.69, 9.17) is 9.72 Å². The smallest absolute Gasteiger partial charge is 0.238 e. The van der Waals surface area contributed by atoms with Crippen LogP contribution in [0.4, 0.5) is 4.39 Å². The number of aryl methyl sites for hydroxylation is 2.